The van der Waals surface area contributed by atoms with Crippen molar-refractivity contribution < 1.29 is 8.83 Å². The van der Waals surface area contributed by atoms with E-state index in [-0.39, 0.29) is 11.3 Å². The molecule has 1 aliphatic rings. The second-order valence-electron chi connectivity index (χ2n) is 4.74. The molecule has 19 heavy (non-hydrogen) atoms. The van der Waals surface area contributed by atoms with Gasteiger partial charge in [-0.25, -0.2) is 9.59 Å². The average Bonchev–Trinajstić information content (AvgIpc) is 2.80. The van der Waals surface area contributed by atoms with Crippen molar-refractivity contribution in [3.8, 4) is 0 Å². The van der Waals surface area contributed by atoms with Crippen LogP contribution in [-0.4, -0.2) is 34.3 Å². The Hall–Kier alpha value is -1.89. The van der Waals surface area contributed by atoms with Gasteiger partial charge in [-0.1, -0.05) is 6.42 Å². The Bertz CT molecular complexity index is 631. The molecule has 0 aliphatic carbocycles. The Morgan fingerprint density at radius 3 is 2.58 bits per heavy atom. The molecule has 0 unspecified atom stereocenters. The maximum Gasteiger partial charge on any atom is 0.424 e. The topological polar surface area (TPSA) is 81.5 Å². The van der Waals surface area contributed by atoms with E-state index in [9.17, 15) is 9.59 Å². The first-order valence-electron chi connectivity index (χ1n) is 6.46. The monoisotopic (exact) mass is 265 g/mol. The van der Waals surface area contributed by atoms with Crippen molar-refractivity contribution in [3.63, 3.8) is 0 Å². The molecule has 2 aromatic heterocycles. The van der Waals surface area contributed by atoms with Gasteiger partial charge in [0.05, 0.1) is 12.7 Å². The largest absolute Gasteiger partial charge is 0.424 e. The molecule has 0 N–H and O–H groups in total. The first-order valence-corrected chi connectivity index (χ1v) is 6.46. The summed E-state index contributed by atoms with van der Waals surface area (Å²) in [5.41, 5.74) is -1.73. The van der Waals surface area contributed by atoms with Crippen LogP contribution in [0, 0.1) is 0 Å². The minimum absolute atomic E-state index is 0.0724. The SMILES string of the molecule is O=c1oc2cn(CCN3CCCCC3)nc2oc1=O. The van der Waals surface area contributed by atoms with Crippen LogP contribution in [0.4, 0.5) is 0 Å². The Kier molecular flexibility index (Phi) is 3.20. The lowest BCUT2D eigenvalue weighted by Crippen LogP contribution is -2.32. The van der Waals surface area contributed by atoms with E-state index in [0.717, 1.165) is 19.6 Å². The van der Waals surface area contributed by atoms with Gasteiger partial charge in [0.1, 0.15) is 0 Å². The van der Waals surface area contributed by atoms with Crippen molar-refractivity contribution in [2.75, 3.05) is 19.6 Å². The fourth-order valence-corrected chi connectivity index (χ4v) is 2.34. The molecule has 1 fully saturated rings. The van der Waals surface area contributed by atoms with Gasteiger partial charge in [0, 0.05) is 6.54 Å². The highest BCUT2D eigenvalue weighted by Crippen LogP contribution is 2.10. The highest BCUT2D eigenvalue weighted by atomic mass is 16.5. The van der Waals surface area contributed by atoms with E-state index in [0.29, 0.717) is 6.54 Å². The lowest BCUT2D eigenvalue weighted by Gasteiger charge is -2.26. The summed E-state index contributed by atoms with van der Waals surface area (Å²) in [4.78, 5) is 24.4. The zero-order chi connectivity index (χ0) is 13.2. The summed E-state index contributed by atoms with van der Waals surface area (Å²) < 4.78 is 11.2. The molecule has 0 bridgehead atoms. The second-order valence-corrected chi connectivity index (χ2v) is 4.74. The molecule has 1 aliphatic heterocycles. The van der Waals surface area contributed by atoms with Crippen molar-refractivity contribution in [1.29, 1.82) is 0 Å². The van der Waals surface area contributed by atoms with E-state index in [1.165, 1.54) is 19.3 Å². The fourth-order valence-electron chi connectivity index (χ4n) is 2.34. The highest BCUT2D eigenvalue weighted by Gasteiger charge is 2.12. The van der Waals surface area contributed by atoms with Gasteiger partial charge in [-0.05, 0) is 25.9 Å². The van der Waals surface area contributed by atoms with Gasteiger partial charge in [0.2, 0.25) is 5.58 Å². The maximum absolute atomic E-state index is 11.0. The molecule has 3 rings (SSSR count). The van der Waals surface area contributed by atoms with Crippen LogP contribution in [0.3, 0.4) is 0 Å². The molecule has 0 atom stereocenters. The Balaban J connectivity index is 1.74. The molecular weight excluding hydrogens is 250 g/mol. The van der Waals surface area contributed by atoms with Crippen molar-refractivity contribution in [3.05, 3.63) is 27.0 Å². The van der Waals surface area contributed by atoms with Crippen LogP contribution >= 0.6 is 0 Å². The summed E-state index contributed by atoms with van der Waals surface area (Å²) in [6.45, 7) is 3.81. The third-order valence-electron chi connectivity index (χ3n) is 3.35. The summed E-state index contributed by atoms with van der Waals surface area (Å²) in [6, 6.07) is 0. The minimum atomic E-state index is -1.02. The van der Waals surface area contributed by atoms with E-state index in [4.69, 9.17) is 8.83 Å². The predicted octanol–water partition coefficient (Wildman–Crippen LogP) is 0.429. The molecule has 0 amide bonds. The summed E-state index contributed by atoms with van der Waals surface area (Å²) in [7, 11) is 0. The number of hydrogen-bond acceptors (Lipinski definition) is 6. The summed E-state index contributed by atoms with van der Waals surface area (Å²) in [6.07, 6.45) is 5.37. The average molecular weight is 265 g/mol. The maximum atomic E-state index is 11.0. The van der Waals surface area contributed by atoms with Crippen LogP contribution < -0.4 is 11.3 Å². The number of hydrogen-bond donors (Lipinski definition) is 0. The van der Waals surface area contributed by atoms with Gasteiger partial charge >= 0.3 is 11.3 Å². The van der Waals surface area contributed by atoms with Crippen LogP contribution in [0.15, 0.2) is 24.6 Å². The van der Waals surface area contributed by atoms with E-state index in [1.807, 2.05) is 0 Å². The minimum Gasteiger partial charge on any atom is -0.411 e. The van der Waals surface area contributed by atoms with E-state index >= 15 is 0 Å². The first kappa shape index (κ1) is 12.2. The molecule has 7 heteroatoms. The third-order valence-corrected chi connectivity index (χ3v) is 3.35. The first-order chi connectivity index (χ1) is 9.22. The zero-order valence-corrected chi connectivity index (χ0v) is 10.5. The zero-order valence-electron chi connectivity index (χ0n) is 10.5. The smallest absolute Gasteiger partial charge is 0.411 e. The van der Waals surface area contributed by atoms with Gasteiger partial charge in [0.25, 0.3) is 5.71 Å². The molecule has 2 aromatic rings. The Morgan fingerprint density at radius 1 is 1.05 bits per heavy atom. The summed E-state index contributed by atoms with van der Waals surface area (Å²) >= 11 is 0. The van der Waals surface area contributed by atoms with Gasteiger partial charge in [-0.15, -0.1) is 5.10 Å². The molecule has 3 heterocycles. The van der Waals surface area contributed by atoms with Crippen LogP contribution in [0.1, 0.15) is 19.3 Å². The van der Waals surface area contributed by atoms with Crippen molar-refractivity contribution in [2.24, 2.45) is 0 Å². The molecule has 7 nitrogen and oxygen atoms in total. The number of likely N-dealkylation sites (tertiary alicyclic amines) is 1. The molecule has 0 spiro atoms. The second kappa shape index (κ2) is 5.00. The third kappa shape index (κ3) is 2.60. The van der Waals surface area contributed by atoms with Crippen LogP contribution in [0.25, 0.3) is 11.3 Å². The van der Waals surface area contributed by atoms with Crippen LogP contribution in [-0.2, 0) is 6.54 Å². The van der Waals surface area contributed by atoms with Gasteiger partial charge in [-0.2, -0.15) is 0 Å². The van der Waals surface area contributed by atoms with E-state index in [2.05, 4.69) is 10.00 Å². The quantitative estimate of drug-likeness (QED) is 0.748. The summed E-state index contributed by atoms with van der Waals surface area (Å²) in [5, 5.41) is 4.09. The summed E-state index contributed by atoms with van der Waals surface area (Å²) in [5.74, 6) is 0. The number of aromatic nitrogens is 2. The Morgan fingerprint density at radius 2 is 1.79 bits per heavy atom. The molecule has 0 saturated carbocycles. The van der Waals surface area contributed by atoms with Crippen molar-refractivity contribution in [2.45, 2.75) is 25.8 Å². The number of nitrogens with zero attached hydrogens (tertiary/aromatic N) is 3. The molecular formula is C12H15N3O4. The fraction of sp³-hybridized carbons (Fsp3) is 0.583. The van der Waals surface area contributed by atoms with Gasteiger partial charge < -0.3 is 13.7 Å². The molecule has 102 valence electrons. The molecule has 1 saturated heterocycles. The Labute approximate surface area is 108 Å². The number of fused-ring (bicyclic) bond motifs is 1. The van der Waals surface area contributed by atoms with Gasteiger partial charge in [-0.3, -0.25) is 4.68 Å². The van der Waals surface area contributed by atoms with Gasteiger partial charge in [0.15, 0.2) is 0 Å². The van der Waals surface area contributed by atoms with Crippen LogP contribution in [0.2, 0.25) is 0 Å². The molecule has 0 aromatic carbocycles. The van der Waals surface area contributed by atoms with Crippen molar-refractivity contribution >= 4 is 11.3 Å². The lowest BCUT2D eigenvalue weighted by atomic mass is 10.1. The number of rotatable bonds is 3. The standard InChI is InChI=1S/C12H15N3O4/c16-11-12(17)19-10-9(18-11)8-15(13-10)7-6-14-4-2-1-3-5-14/h8H,1-7H2. The number of piperidine rings is 1. The van der Waals surface area contributed by atoms with Crippen LogP contribution in [0.5, 0.6) is 0 Å². The normalized spacial score (nSPS) is 17.1. The van der Waals surface area contributed by atoms with E-state index in [1.54, 1.807) is 10.9 Å². The van der Waals surface area contributed by atoms with Crippen molar-refractivity contribution in [1.82, 2.24) is 14.7 Å². The highest BCUT2D eigenvalue weighted by molar-refractivity contribution is 5.62. The molecule has 0 radical (unpaired) electrons. The van der Waals surface area contributed by atoms with E-state index < -0.39 is 11.3 Å². The lowest BCUT2D eigenvalue weighted by molar-refractivity contribution is 0.218. The predicted molar refractivity (Wildman–Crippen MR) is 67.1 cm³/mol.